The van der Waals surface area contributed by atoms with Crippen molar-refractivity contribution in [2.45, 2.75) is 82.3 Å². The van der Waals surface area contributed by atoms with Crippen LogP contribution >= 0.6 is 0 Å². The zero-order valence-electron chi connectivity index (χ0n) is 10.5. The van der Waals surface area contributed by atoms with Crippen molar-refractivity contribution >= 4 is 0 Å². The molecule has 0 atom stereocenters. The van der Waals surface area contributed by atoms with Gasteiger partial charge >= 0.3 is 0 Å². The van der Waals surface area contributed by atoms with Gasteiger partial charge in [0.2, 0.25) is 0 Å². The summed E-state index contributed by atoms with van der Waals surface area (Å²) in [5.74, 6) is 0. The van der Waals surface area contributed by atoms with E-state index in [0.29, 0.717) is 6.10 Å². The lowest BCUT2D eigenvalue weighted by Crippen LogP contribution is -2.45. The standard InChI is InChI=1S/C14H27NO/c15-14(10-6-1-2-7-11-14)12-16-13-8-4-3-5-9-13/h13H,1-12,15H2. The normalized spacial score (nSPS) is 27.6. The molecule has 2 heteroatoms. The summed E-state index contributed by atoms with van der Waals surface area (Å²) < 4.78 is 6.06. The third-order valence-electron chi connectivity index (χ3n) is 4.26. The molecule has 0 aromatic carbocycles. The second-order valence-corrected chi connectivity index (χ2v) is 5.85. The van der Waals surface area contributed by atoms with Gasteiger partial charge in [-0.05, 0) is 25.7 Å². The Morgan fingerprint density at radius 3 is 2.06 bits per heavy atom. The van der Waals surface area contributed by atoms with Crippen LogP contribution in [0.1, 0.15) is 70.6 Å². The minimum atomic E-state index is -0.00600. The molecule has 2 N–H and O–H groups in total. The maximum Gasteiger partial charge on any atom is 0.0649 e. The highest BCUT2D eigenvalue weighted by atomic mass is 16.5. The smallest absolute Gasteiger partial charge is 0.0649 e. The Balaban J connectivity index is 1.73. The van der Waals surface area contributed by atoms with Crippen LogP contribution in [0.4, 0.5) is 0 Å². The highest BCUT2D eigenvalue weighted by Gasteiger charge is 2.28. The predicted molar refractivity (Wildman–Crippen MR) is 67.4 cm³/mol. The molecule has 0 bridgehead atoms. The van der Waals surface area contributed by atoms with Gasteiger partial charge in [-0.2, -0.15) is 0 Å². The Labute approximate surface area is 99.9 Å². The average molecular weight is 225 g/mol. The minimum absolute atomic E-state index is 0.00600. The Morgan fingerprint density at radius 1 is 0.875 bits per heavy atom. The van der Waals surface area contributed by atoms with Gasteiger partial charge in [-0.25, -0.2) is 0 Å². The van der Waals surface area contributed by atoms with Crippen LogP contribution in [0.5, 0.6) is 0 Å². The number of hydrogen-bond acceptors (Lipinski definition) is 2. The summed E-state index contributed by atoms with van der Waals surface area (Å²) in [7, 11) is 0. The van der Waals surface area contributed by atoms with Crippen LogP contribution in [-0.4, -0.2) is 18.2 Å². The van der Waals surface area contributed by atoms with Crippen molar-refractivity contribution in [3.8, 4) is 0 Å². The molecule has 0 aromatic heterocycles. The maximum absolute atomic E-state index is 6.45. The molecule has 16 heavy (non-hydrogen) atoms. The molecule has 2 aliphatic carbocycles. The fourth-order valence-corrected chi connectivity index (χ4v) is 3.09. The molecule has 0 amide bonds. The second kappa shape index (κ2) is 6.02. The van der Waals surface area contributed by atoms with Crippen molar-refractivity contribution in [3.05, 3.63) is 0 Å². The molecule has 2 rings (SSSR count). The van der Waals surface area contributed by atoms with Crippen molar-refractivity contribution in [2.75, 3.05) is 6.61 Å². The molecule has 2 saturated carbocycles. The van der Waals surface area contributed by atoms with Gasteiger partial charge in [0.1, 0.15) is 0 Å². The molecule has 0 radical (unpaired) electrons. The first kappa shape index (κ1) is 12.4. The Kier molecular flexibility index (Phi) is 4.66. The number of nitrogens with two attached hydrogens (primary N) is 1. The summed E-state index contributed by atoms with van der Waals surface area (Å²) in [6.45, 7) is 0.803. The maximum atomic E-state index is 6.45. The van der Waals surface area contributed by atoms with Crippen molar-refractivity contribution in [2.24, 2.45) is 5.73 Å². The molecule has 0 aromatic rings. The van der Waals surface area contributed by atoms with Gasteiger partial charge in [0.15, 0.2) is 0 Å². The zero-order chi connectivity index (χ0) is 11.3. The van der Waals surface area contributed by atoms with Crippen LogP contribution in [-0.2, 0) is 4.74 Å². The molecule has 0 saturated heterocycles. The SMILES string of the molecule is NC1(COC2CCCCC2)CCCCCC1. The van der Waals surface area contributed by atoms with E-state index >= 15 is 0 Å². The van der Waals surface area contributed by atoms with E-state index in [1.165, 1.54) is 70.6 Å². The molecule has 0 spiro atoms. The van der Waals surface area contributed by atoms with Crippen LogP contribution in [0.25, 0.3) is 0 Å². The molecule has 2 fully saturated rings. The van der Waals surface area contributed by atoms with E-state index in [4.69, 9.17) is 10.5 Å². The molecule has 2 nitrogen and oxygen atoms in total. The van der Waals surface area contributed by atoms with Gasteiger partial charge in [0.05, 0.1) is 12.7 Å². The first-order chi connectivity index (χ1) is 7.79. The van der Waals surface area contributed by atoms with Gasteiger partial charge in [-0.3, -0.25) is 0 Å². The van der Waals surface area contributed by atoms with Gasteiger partial charge in [-0.15, -0.1) is 0 Å². The number of hydrogen-bond donors (Lipinski definition) is 1. The lowest BCUT2D eigenvalue weighted by molar-refractivity contribution is -0.00358. The van der Waals surface area contributed by atoms with Crippen LogP contribution in [0.15, 0.2) is 0 Å². The number of rotatable bonds is 3. The molecule has 0 heterocycles. The van der Waals surface area contributed by atoms with E-state index in [2.05, 4.69) is 0 Å². The molecular formula is C14H27NO. The second-order valence-electron chi connectivity index (χ2n) is 5.85. The van der Waals surface area contributed by atoms with E-state index in [1.54, 1.807) is 0 Å². The zero-order valence-corrected chi connectivity index (χ0v) is 10.5. The minimum Gasteiger partial charge on any atom is -0.376 e. The highest BCUT2D eigenvalue weighted by molar-refractivity contribution is 4.86. The lowest BCUT2D eigenvalue weighted by atomic mass is 9.92. The summed E-state index contributed by atoms with van der Waals surface area (Å²) in [6, 6.07) is 0. The lowest BCUT2D eigenvalue weighted by Gasteiger charge is -2.31. The monoisotopic (exact) mass is 225 g/mol. The van der Waals surface area contributed by atoms with Crippen LogP contribution in [0.3, 0.4) is 0 Å². The molecule has 94 valence electrons. The van der Waals surface area contributed by atoms with Crippen molar-refractivity contribution in [1.82, 2.24) is 0 Å². The van der Waals surface area contributed by atoms with Gasteiger partial charge in [-0.1, -0.05) is 44.9 Å². The van der Waals surface area contributed by atoms with E-state index in [-0.39, 0.29) is 5.54 Å². The summed E-state index contributed by atoms with van der Waals surface area (Å²) >= 11 is 0. The Morgan fingerprint density at radius 2 is 1.44 bits per heavy atom. The molecular weight excluding hydrogens is 198 g/mol. The fraction of sp³-hybridized carbons (Fsp3) is 1.00. The largest absolute Gasteiger partial charge is 0.376 e. The van der Waals surface area contributed by atoms with E-state index in [0.717, 1.165) is 6.61 Å². The van der Waals surface area contributed by atoms with E-state index in [1.807, 2.05) is 0 Å². The molecule has 0 aliphatic heterocycles. The predicted octanol–water partition coefficient (Wildman–Crippen LogP) is 3.39. The van der Waals surface area contributed by atoms with Crippen LogP contribution < -0.4 is 5.73 Å². The van der Waals surface area contributed by atoms with Crippen molar-refractivity contribution in [1.29, 1.82) is 0 Å². The average Bonchev–Trinajstić information content (AvgIpc) is 2.54. The van der Waals surface area contributed by atoms with Crippen molar-refractivity contribution < 1.29 is 4.74 Å². The van der Waals surface area contributed by atoms with Crippen LogP contribution in [0.2, 0.25) is 0 Å². The summed E-state index contributed by atoms with van der Waals surface area (Å²) in [4.78, 5) is 0. The molecule has 2 aliphatic rings. The molecule has 0 unspecified atom stereocenters. The summed E-state index contributed by atoms with van der Waals surface area (Å²) in [5, 5.41) is 0. The Bertz CT molecular complexity index is 191. The van der Waals surface area contributed by atoms with E-state index < -0.39 is 0 Å². The first-order valence-electron chi connectivity index (χ1n) is 7.19. The first-order valence-corrected chi connectivity index (χ1v) is 7.19. The quantitative estimate of drug-likeness (QED) is 0.747. The summed E-state index contributed by atoms with van der Waals surface area (Å²) in [5.41, 5.74) is 6.45. The highest BCUT2D eigenvalue weighted by Crippen LogP contribution is 2.27. The van der Waals surface area contributed by atoms with E-state index in [9.17, 15) is 0 Å². The third-order valence-corrected chi connectivity index (χ3v) is 4.26. The van der Waals surface area contributed by atoms with Gasteiger partial charge < -0.3 is 10.5 Å². The van der Waals surface area contributed by atoms with Gasteiger partial charge in [0.25, 0.3) is 0 Å². The number of ether oxygens (including phenoxy) is 1. The van der Waals surface area contributed by atoms with Gasteiger partial charge in [0, 0.05) is 5.54 Å². The van der Waals surface area contributed by atoms with Crippen LogP contribution in [0, 0.1) is 0 Å². The fourth-order valence-electron chi connectivity index (χ4n) is 3.09. The van der Waals surface area contributed by atoms with Crippen molar-refractivity contribution in [3.63, 3.8) is 0 Å². The summed E-state index contributed by atoms with van der Waals surface area (Å²) in [6.07, 6.45) is 14.8. The Hall–Kier alpha value is -0.0800. The topological polar surface area (TPSA) is 35.2 Å². The third kappa shape index (κ3) is 3.74.